The number of benzene rings is 3. The van der Waals surface area contributed by atoms with Crippen LogP contribution in [0.2, 0.25) is 5.02 Å². The molecule has 0 aliphatic heterocycles. The van der Waals surface area contributed by atoms with Crippen molar-refractivity contribution in [2.75, 3.05) is 6.61 Å². The zero-order valence-electron chi connectivity index (χ0n) is 18.2. The highest BCUT2D eigenvalue weighted by molar-refractivity contribution is 6.30. The fraction of sp³-hybridized carbons (Fsp3) is 0.231. The molecule has 0 unspecified atom stereocenters. The van der Waals surface area contributed by atoms with Gasteiger partial charge in [0.1, 0.15) is 18.2 Å². The maximum atomic E-state index is 12.5. The average Bonchev–Trinajstić information content (AvgIpc) is 3.16. The summed E-state index contributed by atoms with van der Waals surface area (Å²) in [5.41, 5.74) is 3.76. The van der Waals surface area contributed by atoms with Crippen LogP contribution in [0.5, 0.6) is 5.75 Å². The van der Waals surface area contributed by atoms with Crippen molar-refractivity contribution in [2.24, 2.45) is 0 Å². The van der Waals surface area contributed by atoms with Crippen molar-refractivity contribution >= 4 is 28.5 Å². The Hall–Kier alpha value is -3.31. The number of carbonyl (C=O) groups excluding carboxylic acids is 1. The Balaban J connectivity index is 1.45. The van der Waals surface area contributed by atoms with E-state index in [1.165, 1.54) is 5.56 Å². The van der Waals surface area contributed by atoms with Crippen LogP contribution in [0, 0.1) is 0 Å². The second kappa shape index (κ2) is 9.88. The Morgan fingerprint density at radius 2 is 1.75 bits per heavy atom. The molecule has 4 rings (SSSR count). The quantitative estimate of drug-likeness (QED) is 0.370. The van der Waals surface area contributed by atoms with Crippen LogP contribution in [0.1, 0.15) is 41.5 Å². The summed E-state index contributed by atoms with van der Waals surface area (Å²) in [6.45, 7) is 5.79. The van der Waals surface area contributed by atoms with Gasteiger partial charge in [0.15, 0.2) is 0 Å². The van der Waals surface area contributed by atoms with Gasteiger partial charge in [-0.2, -0.15) is 0 Å². The SMILES string of the molecule is CC(C)c1ccc(OCCn2c(CNC(=O)c3ccc(Cl)cc3)nc3ccccc32)cc1. The molecule has 0 aliphatic carbocycles. The summed E-state index contributed by atoms with van der Waals surface area (Å²) in [6.07, 6.45) is 0. The fourth-order valence-electron chi connectivity index (χ4n) is 3.58. The summed E-state index contributed by atoms with van der Waals surface area (Å²) in [5.74, 6) is 1.96. The van der Waals surface area contributed by atoms with Crippen molar-refractivity contribution in [3.05, 3.63) is 94.8 Å². The largest absolute Gasteiger partial charge is 0.492 e. The molecule has 0 radical (unpaired) electrons. The minimum atomic E-state index is -0.165. The van der Waals surface area contributed by atoms with Gasteiger partial charge in [-0.3, -0.25) is 4.79 Å². The van der Waals surface area contributed by atoms with Gasteiger partial charge in [0, 0.05) is 10.6 Å². The average molecular weight is 448 g/mol. The van der Waals surface area contributed by atoms with Crippen LogP contribution in [-0.2, 0) is 13.1 Å². The minimum Gasteiger partial charge on any atom is -0.492 e. The number of aromatic nitrogens is 2. The second-order valence-corrected chi connectivity index (χ2v) is 8.37. The monoisotopic (exact) mass is 447 g/mol. The topological polar surface area (TPSA) is 56.1 Å². The van der Waals surface area contributed by atoms with E-state index in [9.17, 15) is 4.79 Å². The third-order valence-corrected chi connectivity index (χ3v) is 5.63. The number of halogens is 1. The molecule has 1 N–H and O–H groups in total. The van der Waals surface area contributed by atoms with Crippen LogP contribution < -0.4 is 10.1 Å². The molecule has 1 amide bonds. The third kappa shape index (κ3) is 5.11. The molecule has 0 saturated heterocycles. The van der Waals surface area contributed by atoms with E-state index in [1.54, 1.807) is 24.3 Å². The lowest BCUT2D eigenvalue weighted by atomic mass is 10.0. The first-order chi connectivity index (χ1) is 15.5. The molecule has 4 aromatic rings. The molecular formula is C26H26ClN3O2. The molecule has 164 valence electrons. The molecule has 0 atom stereocenters. The van der Waals surface area contributed by atoms with Crippen molar-refractivity contribution in [2.45, 2.75) is 32.9 Å². The molecule has 1 aromatic heterocycles. The highest BCUT2D eigenvalue weighted by atomic mass is 35.5. The summed E-state index contributed by atoms with van der Waals surface area (Å²) >= 11 is 5.91. The van der Waals surface area contributed by atoms with Gasteiger partial charge < -0.3 is 14.6 Å². The highest BCUT2D eigenvalue weighted by Crippen LogP contribution is 2.20. The molecule has 1 heterocycles. The molecule has 32 heavy (non-hydrogen) atoms. The summed E-state index contributed by atoms with van der Waals surface area (Å²) in [6, 6.07) is 23.0. The standard InChI is InChI=1S/C26H26ClN3O2/c1-18(2)19-9-13-22(14-10-19)32-16-15-30-24-6-4-3-5-23(24)29-25(30)17-28-26(31)20-7-11-21(27)12-8-20/h3-14,18H,15-17H2,1-2H3,(H,28,31). The lowest BCUT2D eigenvalue weighted by Crippen LogP contribution is -2.25. The number of ether oxygens (including phenoxy) is 1. The molecule has 0 spiro atoms. The van der Waals surface area contributed by atoms with E-state index in [2.05, 4.69) is 35.9 Å². The van der Waals surface area contributed by atoms with Gasteiger partial charge in [-0.25, -0.2) is 4.98 Å². The number of amides is 1. The Kier molecular flexibility index (Phi) is 6.76. The van der Waals surface area contributed by atoms with Crippen molar-refractivity contribution in [1.82, 2.24) is 14.9 Å². The van der Waals surface area contributed by atoms with Gasteiger partial charge in [-0.1, -0.05) is 49.7 Å². The summed E-state index contributed by atoms with van der Waals surface area (Å²) in [4.78, 5) is 17.2. The summed E-state index contributed by atoms with van der Waals surface area (Å²) < 4.78 is 8.07. The van der Waals surface area contributed by atoms with Gasteiger partial charge in [-0.15, -0.1) is 0 Å². The van der Waals surface area contributed by atoms with E-state index in [0.29, 0.717) is 36.2 Å². The first-order valence-corrected chi connectivity index (χ1v) is 11.1. The van der Waals surface area contributed by atoms with Crippen molar-refractivity contribution in [3.8, 4) is 5.75 Å². The van der Waals surface area contributed by atoms with Crippen LogP contribution >= 0.6 is 11.6 Å². The molecule has 3 aromatic carbocycles. The summed E-state index contributed by atoms with van der Waals surface area (Å²) in [5, 5.41) is 3.55. The number of nitrogens with one attached hydrogen (secondary N) is 1. The number of rotatable bonds is 8. The minimum absolute atomic E-state index is 0.165. The smallest absolute Gasteiger partial charge is 0.251 e. The Bertz CT molecular complexity index is 1200. The number of nitrogens with zero attached hydrogens (tertiary/aromatic N) is 2. The van der Waals surface area contributed by atoms with Crippen molar-refractivity contribution in [1.29, 1.82) is 0 Å². The lowest BCUT2D eigenvalue weighted by Gasteiger charge is -2.12. The zero-order valence-corrected chi connectivity index (χ0v) is 19.0. The van der Waals surface area contributed by atoms with Gasteiger partial charge >= 0.3 is 0 Å². The van der Waals surface area contributed by atoms with E-state index in [-0.39, 0.29) is 5.91 Å². The normalized spacial score (nSPS) is 11.1. The van der Waals surface area contributed by atoms with Crippen LogP contribution in [-0.4, -0.2) is 22.1 Å². The number of imidazole rings is 1. The van der Waals surface area contributed by atoms with Gasteiger partial charge in [-0.05, 0) is 60.0 Å². The molecule has 5 nitrogen and oxygen atoms in total. The highest BCUT2D eigenvalue weighted by Gasteiger charge is 2.13. The second-order valence-electron chi connectivity index (χ2n) is 7.93. The van der Waals surface area contributed by atoms with Crippen molar-refractivity contribution < 1.29 is 9.53 Å². The predicted molar refractivity (Wildman–Crippen MR) is 128 cm³/mol. The first kappa shape index (κ1) is 21.9. The molecule has 6 heteroatoms. The van der Waals surface area contributed by atoms with Gasteiger partial charge in [0.2, 0.25) is 0 Å². The zero-order chi connectivity index (χ0) is 22.5. The first-order valence-electron chi connectivity index (χ1n) is 10.7. The van der Waals surface area contributed by atoms with E-state index >= 15 is 0 Å². The Labute approximate surface area is 193 Å². The molecule has 0 fully saturated rings. The van der Waals surface area contributed by atoms with Crippen LogP contribution in [0.15, 0.2) is 72.8 Å². The molecular weight excluding hydrogens is 422 g/mol. The lowest BCUT2D eigenvalue weighted by molar-refractivity contribution is 0.0949. The summed E-state index contributed by atoms with van der Waals surface area (Å²) in [7, 11) is 0. The maximum Gasteiger partial charge on any atom is 0.251 e. The number of hydrogen-bond donors (Lipinski definition) is 1. The number of hydrogen-bond acceptors (Lipinski definition) is 3. The molecule has 0 aliphatic rings. The molecule has 0 saturated carbocycles. The van der Waals surface area contributed by atoms with E-state index < -0.39 is 0 Å². The fourth-order valence-corrected chi connectivity index (χ4v) is 3.70. The number of fused-ring (bicyclic) bond motifs is 1. The van der Waals surface area contributed by atoms with Gasteiger partial charge in [0.05, 0.1) is 24.1 Å². The van der Waals surface area contributed by atoms with E-state index in [0.717, 1.165) is 22.6 Å². The van der Waals surface area contributed by atoms with Gasteiger partial charge in [0.25, 0.3) is 5.91 Å². The Morgan fingerprint density at radius 1 is 1.03 bits per heavy atom. The van der Waals surface area contributed by atoms with E-state index in [4.69, 9.17) is 21.3 Å². The third-order valence-electron chi connectivity index (χ3n) is 5.38. The Morgan fingerprint density at radius 3 is 2.47 bits per heavy atom. The van der Waals surface area contributed by atoms with Crippen LogP contribution in [0.4, 0.5) is 0 Å². The predicted octanol–water partition coefficient (Wildman–Crippen LogP) is 5.82. The number of para-hydroxylation sites is 2. The van der Waals surface area contributed by atoms with Crippen LogP contribution in [0.3, 0.4) is 0 Å². The van der Waals surface area contributed by atoms with Crippen LogP contribution in [0.25, 0.3) is 11.0 Å². The maximum absolute atomic E-state index is 12.5. The van der Waals surface area contributed by atoms with E-state index in [1.807, 2.05) is 36.4 Å². The van der Waals surface area contributed by atoms with Crippen molar-refractivity contribution in [3.63, 3.8) is 0 Å². The molecule has 0 bridgehead atoms. The number of carbonyl (C=O) groups is 1.